The second-order valence-corrected chi connectivity index (χ2v) is 7.43. The van der Waals surface area contributed by atoms with Gasteiger partial charge in [-0.1, -0.05) is 0 Å². The predicted octanol–water partition coefficient (Wildman–Crippen LogP) is 4.42. The maximum atomic E-state index is 14.3. The summed E-state index contributed by atoms with van der Waals surface area (Å²) in [5, 5.41) is 10.0. The van der Waals surface area contributed by atoms with Crippen LogP contribution in [0.25, 0.3) is 0 Å². The molecule has 10 heteroatoms. The lowest BCUT2D eigenvalue weighted by atomic mass is 10.3. The fourth-order valence-electron chi connectivity index (χ4n) is 2.87. The molecule has 2 rings (SSSR count). The van der Waals surface area contributed by atoms with Crippen molar-refractivity contribution in [1.82, 2.24) is 9.88 Å². The molecule has 2 aromatic rings. The molecule has 1 amide bonds. The normalized spacial score (nSPS) is 11.4. The van der Waals surface area contributed by atoms with Crippen LogP contribution in [0.2, 0.25) is 0 Å². The minimum atomic E-state index is -0.625. The number of aliphatic imine (C=N–C) groups is 1. The summed E-state index contributed by atoms with van der Waals surface area (Å²) in [7, 11) is 2.05. The quantitative estimate of drug-likeness (QED) is 0.239. The van der Waals surface area contributed by atoms with Gasteiger partial charge in [-0.2, -0.15) is 4.99 Å². The summed E-state index contributed by atoms with van der Waals surface area (Å²) < 4.78 is 30.8. The number of aromatic nitrogens is 1. The van der Waals surface area contributed by atoms with E-state index in [0.29, 0.717) is 18.0 Å². The molecule has 0 fully saturated rings. The molecule has 0 unspecified atom stereocenters. The molecular weight excluding hydrogens is 441 g/mol. The maximum absolute atomic E-state index is 14.3. The minimum absolute atomic E-state index is 0.00927. The molecule has 2 N–H and O–H groups in total. The summed E-state index contributed by atoms with van der Waals surface area (Å²) in [5.41, 5.74) is 0.335. The zero-order valence-electron chi connectivity index (χ0n) is 19.8. The monoisotopic (exact) mass is 473 g/mol. The van der Waals surface area contributed by atoms with Gasteiger partial charge in [0.2, 0.25) is 11.8 Å². The highest BCUT2D eigenvalue weighted by atomic mass is 19.1. The lowest BCUT2D eigenvalue weighted by molar-refractivity contribution is -0.114. The first kappa shape index (κ1) is 26.9. The van der Waals surface area contributed by atoms with E-state index in [1.165, 1.54) is 37.4 Å². The molecular formula is C24H32FN5O4. The number of halogens is 1. The number of likely N-dealkylation sites (N-methyl/N-ethyl adjacent to an activating group) is 1. The number of anilines is 1. The summed E-state index contributed by atoms with van der Waals surface area (Å²) in [5.74, 6) is -0.217. The SMILES string of the molecule is CCOCCN(C)CCCCOC(C=N)=Nc1cc(Oc2ccc(NC(C)=O)cc2F)ccn1. The molecule has 0 bridgehead atoms. The molecule has 1 aromatic carbocycles. The Morgan fingerprint density at radius 3 is 2.76 bits per heavy atom. The molecule has 0 aliphatic heterocycles. The van der Waals surface area contributed by atoms with Crippen molar-refractivity contribution in [3.05, 3.63) is 42.3 Å². The highest BCUT2D eigenvalue weighted by Gasteiger charge is 2.08. The highest BCUT2D eigenvalue weighted by molar-refractivity contribution is 6.25. The minimum Gasteiger partial charge on any atom is -0.477 e. The predicted molar refractivity (Wildman–Crippen MR) is 130 cm³/mol. The van der Waals surface area contributed by atoms with E-state index >= 15 is 0 Å². The molecule has 0 saturated heterocycles. The molecule has 1 aromatic heterocycles. The number of ether oxygens (including phenoxy) is 3. The zero-order valence-corrected chi connectivity index (χ0v) is 19.8. The number of carbonyl (C=O) groups is 1. The topological polar surface area (TPSA) is 109 Å². The van der Waals surface area contributed by atoms with Gasteiger partial charge in [0, 0.05) is 44.1 Å². The van der Waals surface area contributed by atoms with Crippen molar-refractivity contribution in [2.75, 3.05) is 45.3 Å². The van der Waals surface area contributed by atoms with E-state index in [-0.39, 0.29) is 23.4 Å². The summed E-state index contributed by atoms with van der Waals surface area (Å²) in [4.78, 5) is 21.7. The maximum Gasteiger partial charge on any atom is 0.233 e. The average Bonchev–Trinajstić information content (AvgIpc) is 2.80. The van der Waals surface area contributed by atoms with Crippen LogP contribution in [0.5, 0.6) is 11.5 Å². The number of unbranched alkanes of at least 4 members (excludes halogenated alkanes) is 1. The lowest BCUT2D eigenvalue weighted by Gasteiger charge is -2.16. The van der Waals surface area contributed by atoms with Gasteiger partial charge in [-0.15, -0.1) is 0 Å². The molecule has 1 heterocycles. The van der Waals surface area contributed by atoms with Gasteiger partial charge < -0.3 is 29.8 Å². The van der Waals surface area contributed by atoms with Crippen LogP contribution in [-0.2, 0) is 14.3 Å². The Bertz CT molecular complexity index is 970. The number of benzene rings is 1. The van der Waals surface area contributed by atoms with Gasteiger partial charge in [0.05, 0.1) is 19.4 Å². The van der Waals surface area contributed by atoms with E-state index in [1.807, 2.05) is 14.0 Å². The van der Waals surface area contributed by atoms with Crippen molar-refractivity contribution in [3.63, 3.8) is 0 Å². The Labute approximate surface area is 199 Å². The summed E-state index contributed by atoms with van der Waals surface area (Å²) in [6.07, 6.45) is 4.25. The molecule has 0 atom stereocenters. The van der Waals surface area contributed by atoms with Crippen LogP contribution < -0.4 is 10.1 Å². The van der Waals surface area contributed by atoms with E-state index in [9.17, 15) is 9.18 Å². The van der Waals surface area contributed by atoms with Crippen molar-refractivity contribution < 1.29 is 23.4 Å². The van der Waals surface area contributed by atoms with Crippen LogP contribution in [0.1, 0.15) is 26.7 Å². The number of nitrogens with one attached hydrogen (secondary N) is 2. The van der Waals surface area contributed by atoms with Gasteiger partial charge >= 0.3 is 0 Å². The largest absolute Gasteiger partial charge is 0.477 e. The Balaban J connectivity index is 1.88. The Morgan fingerprint density at radius 2 is 2.06 bits per heavy atom. The zero-order chi connectivity index (χ0) is 24.8. The van der Waals surface area contributed by atoms with E-state index in [0.717, 1.165) is 45.4 Å². The second-order valence-electron chi connectivity index (χ2n) is 7.43. The second kappa shape index (κ2) is 14.7. The third-order valence-corrected chi connectivity index (χ3v) is 4.55. The van der Waals surface area contributed by atoms with Crippen LogP contribution in [-0.4, -0.2) is 67.9 Å². The Hall–Kier alpha value is -3.37. The standard InChI is InChI=1S/C24H32FN5O4/c1-4-32-14-12-30(3)11-5-6-13-33-24(17-26)29-23-16-20(9-10-27-23)34-22-8-7-19(15-21(22)25)28-18(2)31/h7-10,15-17,26H,4-6,11-14H2,1-3H3,(H,28,31). The number of hydrogen-bond acceptors (Lipinski definition) is 8. The smallest absolute Gasteiger partial charge is 0.233 e. The number of hydrogen-bond donors (Lipinski definition) is 2. The third kappa shape index (κ3) is 10.1. The van der Waals surface area contributed by atoms with Gasteiger partial charge in [0.15, 0.2) is 17.4 Å². The first-order valence-corrected chi connectivity index (χ1v) is 11.1. The fraction of sp³-hybridized carbons (Fsp3) is 0.417. The van der Waals surface area contributed by atoms with Crippen molar-refractivity contribution >= 4 is 29.5 Å². The fourth-order valence-corrected chi connectivity index (χ4v) is 2.87. The van der Waals surface area contributed by atoms with E-state index in [1.54, 1.807) is 6.07 Å². The van der Waals surface area contributed by atoms with Crippen molar-refractivity contribution in [1.29, 1.82) is 5.41 Å². The first-order valence-electron chi connectivity index (χ1n) is 11.1. The van der Waals surface area contributed by atoms with Crippen LogP contribution in [0, 0.1) is 11.2 Å². The lowest BCUT2D eigenvalue weighted by Crippen LogP contribution is -2.24. The number of nitrogens with zero attached hydrogens (tertiary/aromatic N) is 3. The number of rotatable bonds is 14. The molecule has 0 aliphatic rings. The Morgan fingerprint density at radius 1 is 1.24 bits per heavy atom. The molecule has 184 valence electrons. The van der Waals surface area contributed by atoms with Gasteiger partial charge in [0.1, 0.15) is 5.75 Å². The first-order chi connectivity index (χ1) is 16.4. The number of amides is 1. The van der Waals surface area contributed by atoms with Crippen LogP contribution in [0.4, 0.5) is 15.9 Å². The Kier molecular flexibility index (Phi) is 11.6. The number of carbonyl (C=O) groups excluding carboxylic acids is 1. The van der Waals surface area contributed by atoms with Crippen molar-refractivity contribution in [2.24, 2.45) is 4.99 Å². The average molecular weight is 474 g/mol. The van der Waals surface area contributed by atoms with Gasteiger partial charge in [-0.05, 0) is 51.6 Å². The van der Waals surface area contributed by atoms with Crippen LogP contribution in [0.3, 0.4) is 0 Å². The molecule has 0 spiro atoms. The molecule has 0 saturated carbocycles. The van der Waals surface area contributed by atoms with Crippen LogP contribution >= 0.6 is 0 Å². The summed E-state index contributed by atoms with van der Waals surface area (Å²) in [6, 6.07) is 7.21. The van der Waals surface area contributed by atoms with Crippen molar-refractivity contribution in [3.8, 4) is 11.5 Å². The van der Waals surface area contributed by atoms with E-state index in [4.69, 9.17) is 19.6 Å². The molecule has 0 aliphatic carbocycles. The van der Waals surface area contributed by atoms with Gasteiger partial charge in [0.25, 0.3) is 0 Å². The molecule has 34 heavy (non-hydrogen) atoms. The van der Waals surface area contributed by atoms with Gasteiger partial charge in [-0.25, -0.2) is 9.37 Å². The van der Waals surface area contributed by atoms with E-state index < -0.39 is 5.82 Å². The van der Waals surface area contributed by atoms with Gasteiger partial charge in [-0.3, -0.25) is 4.79 Å². The number of pyridine rings is 1. The summed E-state index contributed by atoms with van der Waals surface area (Å²) in [6.45, 7) is 7.01. The van der Waals surface area contributed by atoms with Crippen LogP contribution in [0.15, 0.2) is 41.5 Å². The summed E-state index contributed by atoms with van der Waals surface area (Å²) >= 11 is 0. The van der Waals surface area contributed by atoms with Crippen molar-refractivity contribution in [2.45, 2.75) is 26.7 Å². The molecule has 0 radical (unpaired) electrons. The van der Waals surface area contributed by atoms with E-state index in [2.05, 4.69) is 20.2 Å². The third-order valence-electron chi connectivity index (χ3n) is 4.55. The molecule has 9 nitrogen and oxygen atoms in total. The highest BCUT2D eigenvalue weighted by Crippen LogP contribution is 2.28.